The molecule has 4 rings (SSSR count). The monoisotopic (exact) mass is 395 g/mol. The summed E-state index contributed by atoms with van der Waals surface area (Å²) in [5.41, 5.74) is 0.282. The Hall–Kier alpha value is -3.46. The number of carbonyl (C=O) groups excluding carboxylic acids is 1. The average Bonchev–Trinajstić information content (AvgIpc) is 3.35. The van der Waals surface area contributed by atoms with Crippen molar-refractivity contribution in [1.82, 2.24) is 24.3 Å². The molecule has 3 aromatic heterocycles. The van der Waals surface area contributed by atoms with Gasteiger partial charge in [-0.2, -0.15) is 0 Å². The van der Waals surface area contributed by atoms with Crippen molar-refractivity contribution in [2.45, 2.75) is 6.04 Å². The molecule has 28 heavy (non-hydrogen) atoms. The van der Waals surface area contributed by atoms with Gasteiger partial charge in [0.05, 0.1) is 7.11 Å². The number of fused-ring (bicyclic) bond motifs is 1. The highest BCUT2D eigenvalue weighted by Crippen LogP contribution is 2.29. The van der Waals surface area contributed by atoms with Gasteiger partial charge in [0.25, 0.3) is 11.5 Å². The zero-order chi connectivity index (χ0) is 19.7. The van der Waals surface area contributed by atoms with Gasteiger partial charge in [0, 0.05) is 42.8 Å². The topological polar surface area (TPSA) is 90.5 Å². The molecule has 142 valence electrons. The van der Waals surface area contributed by atoms with E-state index in [9.17, 15) is 9.59 Å². The van der Waals surface area contributed by atoms with Crippen LogP contribution in [0.4, 0.5) is 0 Å². The number of rotatable bonds is 5. The summed E-state index contributed by atoms with van der Waals surface area (Å²) >= 11 is 1.33. The minimum atomic E-state index is -0.605. The predicted molar refractivity (Wildman–Crippen MR) is 105 cm³/mol. The first-order chi connectivity index (χ1) is 13.6. The van der Waals surface area contributed by atoms with E-state index in [0.717, 1.165) is 5.56 Å². The van der Waals surface area contributed by atoms with Crippen LogP contribution in [0.1, 0.15) is 27.8 Å². The van der Waals surface area contributed by atoms with Gasteiger partial charge in [-0.25, -0.2) is 9.97 Å². The van der Waals surface area contributed by atoms with E-state index in [4.69, 9.17) is 4.74 Å². The summed E-state index contributed by atoms with van der Waals surface area (Å²) in [4.78, 5) is 34.7. The van der Waals surface area contributed by atoms with E-state index in [1.807, 2.05) is 35.9 Å². The predicted octanol–water partition coefficient (Wildman–Crippen LogP) is 2.02. The molecule has 0 fully saturated rings. The summed E-state index contributed by atoms with van der Waals surface area (Å²) in [6, 6.07) is 6.76. The van der Waals surface area contributed by atoms with Gasteiger partial charge in [0.15, 0.2) is 4.96 Å². The quantitative estimate of drug-likeness (QED) is 0.558. The molecule has 4 aromatic rings. The number of para-hydroxylation sites is 1. The van der Waals surface area contributed by atoms with Crippen LogP contribution in [-0.4, -0.2) is 32.0 Å². The maximum absolute atomic E-state index is 13.0. The fourth-order valence-electron chi connectivity index (χ4n) is 3.03. The normalized spacial score (nSPS) is 12.1. The highest BCUT2D eigenvalue weighted by molar-refractivity contribution is 7.15. The lowest BCUT2D eigenvalue weighted by Crippen LogP contribution is -2.35. The van der Waals surface area contributed by atoms with Gasteiger partial charge in [-0.15, -0.1) is 11.3 Å². The van der Waals surface area contributed by atoms with Gasteiger partial charge in [-0.1, -0.05) is 18.2 Å². The molecule has 0 aliphatic carbocycles. The summed E-state index contributed by atoms with van der Waals surface area (Å²) in [7, 11) is 3.40. The summed E-state index contributed by atoms with van der Waals surface area (Å²) < 4.78 is 8.63. The first-order valence-electron chi connectivity index (χ1n) is 8.46. The molecule has 0 aliphatic rings. The number of carbonyl (C=O) groups is 1. The van der Waals surface area contributed by atoms with Crippen LogP contribution in [0, 0.1) is 0 Å². The molecule has 1 amide bonds. The van der Waals surface area contributed by atoms with E-state index in [0.29, 0.717) is 16.5 Å². The fourth-order valence-corrected chi connectivity index (χ4v) is 3.71. The molecular weight excluding hydrogens is 378 g/mol. The minimum Gasteiger partial charge on any atom is -0.496 e. The van der Waals surface area contributed by atoms with Gasteiger partial charge >= 0.3 is 0 Å². The van der Waals surface area contributed by atoms with Crippen LogP contribution in [-0.2, 0) is 7.05 Å². The Morgan fingerprint density at radius 3 is 2.82 bits per heavy atom. The molecule has 0 saturated carbocycles. The third kappa shape index (κ3) is 3.05. The molecule has 1 N–H and O–H groups in total. The Labute approximate surface area is 164 Å². The number of ether oxygens (including phenoxy) is 1. The summed E-state index contributed by atoms with van der Waals surface area (Å²) in [6.07, 6.45) is 6.35. The van der Waals surface area contributed by atoms with Crippen molar-refractivity contribution in [1.29, 1.82) is 0 Å². The van der Waals surface area contributed by atoms with E-state index in [1.54, 1.807) is 31.1 Å². The third-order valence-corrected chi connectivity index (χ3v) is 5.20. The Morgan fingerprint density at radius 1 is 1.25 bits per heavy atom. The lowest BCUT2D eigenvalue weighted by molar-refractivity contribution is 0.0938. The van der Waals surface area contributed by atoms with Crippen LogP contribution >= 0.6 is 11.3 Å². The lowest BCUT2D eigenvalue weighted by atomic mass is 10.0. The Kier molecular flexibility index (Phi) is 4.66. The van der Waals surface area contributed by atoms with E-state index in [2.05, 4.69) is 15.3 Å². The second-order valence-electron chi connectivity index (χ2n) is 6.08. The molecule has 8 nitrogen and oxygen atoms in total. The minimum absolute atomic E-state index is 0.0370. The molecule has 3 heterocycles. The molecule has 0 radical (unpaired) electrons. The Bertz CT molecular complexity index is 1210. The van der Waals surface area contributed by atoms with Gasteiger partial charge in [0.1, 0.15) is 23.2 Å². The lowest BCUT2D eigenvalue weighted by Gasteiger charge is -2.21. The number of imidazole rings is 1. The smallest absolute Gasteiger partial charge is 0.271 e. The maximum Gasteiger partial charge on any atom is 0.271 e. The highest BCUT2D eigenvalue weighted by Gasteiger charge is 2.25. The number of hydrogen-bond acceptors (Lipinski definition) is 6. The SMILES string of the molecule is COc1ccccc1C(NC(=O)c1cnc2sccn2c1=O)c1nccn1C. The van der Waals surface area contributed by atoms with Crippen LogP contribution in [0.5, 0.6) is 5.75 Å². The maximum atomic E-state index is 13.0. The first-order valence-corrected chi connectivity index (χ1v) is 9.34. The molecule has 1 atom stereocenters. The molecule has 0 saturated heterocycles. The molecule has 0 aliphatic heterocycles. The van der Waals surface area contributed by atoms with Gasteiger partial charge < -0.3 is 14.6 Å². The van der Waals surface area contributed by atoms with E-state index >= 15 is 0 Å². The average molecular weight is 395 g/mol. The number of benzene rings is 1. The number of amides is 1. The number of thiazole rings is 1. The molecule has 1 aromatic carbocycles. The molecular formula is C19H17N5O3S. The van der Waals surface area contributed by atoms with Crippen molar-refractivity contribution >= 4 is 22.2 Å². The van der Waals surface area contributed by atoms with Crippen molar-refractivity contribution in [3.8, 4) is 5.75 Å². The first kappa shape index (κ1) is 17.9. The van der Waals surface area contributed by atoms with Crippen molar-refractivity contribution in [2.75, 3.05) is 7.11 Å². The van der Waals surface area contributed by atoms with Gasteiger partial charge in [-0.3, -0.25) is 14.0 Å². The second kappa shape index (κ2) is 7.28. The standard InChI is InChI=1S/C19H17N5O3S/c1-23-8-7-20-16(23)15(12-5-3-4-6-14(12)27-2)22-17(25)13-11-21-19-24(18(13)26)9-10-28-19/h3-11,15H,1-2H3,(H,22,25). The van der Waals surface area contributed by atoms with Crippen LogP contribution in [0.3, 0.4) is 0 Å². The fraction of sp³-hybridized carbons (Fsp3) is 0.158. The van der Waals surface area contributed by atoms with E-state index in [-0.39, 0.29) is 5.56 Å². The van der Waals surface area contributed by atoms with Crippen LogP contribution in [0.2, 0.25) is 0 Å². The van der Waals surface area contributed by atoms with Crippen LogP contribution < -0.4 is 15.6 Å². The number of aromatic nitrogens is 4. The summed E-state index contributed by atoms with van der Waals surface area (Å²) in [6.45, 7) is 0. The van der Waals surface area contributed by atoms with E-state index in [1.165, 1.54) is 21.9 Å². The Balaban J connectivity index is 1.77. The molecule has 1 unspecified atom stereocenters. The number of hydrogen-bond donors (Lipinski definition) is 1. The number of methoxy groups -OCH3 is 1. The summed E-state index contributed by atoms with van der Waals surface area (Å²) in [5.74, 6) is 0.693. The number of nitrogens with one attached hydrogen (secondary N) is 1. The number of aryl methyl sites for hydroxylation is 1. The molecule has 0 spiro atoms. The van der Waals surface area contributed by atoms with Crippen molar-refractivity contribution < 1.29 is 9.53 Å². The number of nitrogens with zero attached hydrogens (tertiary/aromatic N) is 4. The largest absolute Gasteiger partial charge is 0.496 e. The highest BCUT2D eigenvalue weighted by atomic mass is 32.1. The zero-order valence-corrected chi connectivity index (χ0v) is 16.0. The second-order valence-corrected chi connectivity index (χ2v) is 6.95. The van der Waals surface area contributed by atoms with E-state index < -0.39 is 17.5 Å². The Morgan fingerprint density at radius 2 is 2.07 bits per heavy atom. The summed E-state index contributed by atoms with van der Waals surface area (Å²) in [5, 5.41) is 4.66. The van der Waals surface area contributed by atoms with Crippen LogP contribution in [0.25, 0.3) is 4.96 Å². The third-order valence-electron chi connectivity index (χ3n) is 4.43. The van der Waals surface area contributed by atoms with Crippen molar-refractivity contribution in [2.24, 2.45) is 7.05 Å². The van der Waals surface area contributed by atoms with Crippen LogP contribution in [0.15, 0.2) is 59.2 Å². The zero-order valence-electron chi connectivity index (χ0n) is 15.2. The molecule has 0 bridgehead atoms. The molecule has 9 heteroatoms. The van der Waals surface area contributed by atoms with Gasteiger partial charge in [-0.05, 0) is 6.07 Å². The van der Waals surface area contributed by atoms with Crippen molar-refractivity contribution in [3.63, 3.8) is 0 Å². The van der Waals surface area contributed by atoms with Gasteiger partial charge in [0.2, 0.25) is 0 Å². The van der Waals surface area contributed by atoms with Crippen molar-refractivity contribution in [3.05, 3.63) is 81.7 Å².